The van der Waals surface area contributed by atoms with Gasteiger partial charge < -0.3 is 14.2 Å². The van der Waals surface area contributed by atoms with Crippen molar-refractivity contribution in [2.24, 2.45) is 0 Å². The third-order valence-electron chi connectivity index (χ3n) is 3.85. The van der Waals surface area contributed by atoms with Gasteiger partial charge in [0.1, 0.15) is 16.7 Å². The van der Waals surface area contributed by atoms with E-state index in [1.165, 1.54) is 6.07 Å². The Morgan fingerprint density at radius 2 is 2.05 bits per heavy atom. The molecule has 120 valence electrons. The van der Waals surface area contributed by atoms with Crippen LogP contribution in [0.15, 0.2) is 12.1 Å². The second kappa shape index (κ2) is 5.49. The Labute approximate surface area is 142 Å². The van der Waals surface area contributed by atoms with Crippen LogP contribution in [0.4, 0.5) is 0 Å². The van der Waals surface area contributed by atoms with E-state index in [-0.39, 0.29) is 16.7 Å². The van der Waals surface area contributed by atoms with Crippen LogP contribution >= 0.6 is 23.2 Å². The van der Waals surface area contributed by atoms with Crippen molar-refractivity contribution in [3.05, 3.63) is 27.9 Å². The molecule has 2 heterocycles. The molecule has 0 radical (unpaired) electrons. The van der Waals surface area contributed by atoms with Gasteiger partial charge in [-0.25, -0.2) is 0 Å². The van der Waals surface area contributed by atoms with Gasteiger partial charge in [0.2, 0.25) is 0 Å². The van der Waals surface area contributed by atoms with Crippen molar-refractivity contribution in [1.29, 1.82) is 0 Å². The van der Waals surface area contributed by atoms with E-state index in [0.717, 1.165) is 23.9 Å². The molecule has 1 aliphatic heterocycles. The number of benzene rings is 1. The van der Waals surface area contributed by atoms with Gasteiger partial charge >= 0.3 is 0 Å². The van der Waals surface area contributed by atoms with Crippen LogP contribution in [0.3, 0.4) is 0 Å². The van der Waals surface area contributed by atoms with Gasteiger partial charge in [-0.3, -0.25) is 0 Å². The van der Waals surface area contributed by atoms with Crippen LogP contribution in [0.2, 0.25) is 10.0 Å². The van der Waals surface area contributed by atoms with Gasteiger partial charge in [-0.1, -0.05) is 23.2 Å². The normalized spacial score (nSPS) is 19.6. The largest absolute Gasteiger partial charge is 0.598 e. The minimum Gasteiger partial charge on any atom is -0.598 e. The predicted octanol–water partition coefficient (Wildman–Crippen LogP) is 4.15. The maximum atomic E-state index is 12.4. The minimum absolute atomic E-state index is 0.0888. The Balaban J connectivity index is 2.07. The number of hydrogen-bond donors (Lipinski definition) is 2. The van der Waals surface area contributed by atoms with Crippen LogP contribution in [-0.2, 0) is 17.8 Å². The molecule has 0 saturated heterocycles. The zero-order valence-electron chi connectivity index (χ0n) is 12.6. The van der Waals surface area contributed by atoms with Crippen molar-refractivity contribution in [2.75, 3.05) is 0 Å². The van der Waals surface area contributed by atoms with Gasteiger partial charge in [0.15, 0.2) is 0 Å². The number of phenols is 1. The fraction of sp³-hybridized carbons (Fsp3) is 0.467. The number of rotatable bonds is 2. The second-order valence-electron chi connectivity index (χ2n) is 6.51. The van der Waals surface area contributed by atoms with E-state index in [4.69, 9.17) is 23.2 Å². The van der Waals surface area contributed by atoms with E-state index in [2.05, 4.69) is 4.72 Å². The molecule has 2 aromatic rings. The second-order valence-corrected chi connectivity index (χ2v) is 9.30. The first-order chi connectivity index (χ1) is 10.2. The number of hydrogen-bond acceptors (Lipinski definition) is 3. The first-order valence-electron chi connectivity index (χ1n) is 7.09. The van der Waals surface area contributed by atoms with Crippen LogP contribution in [0, 0.1) is 0 Å². The van der Waals surface area contributed by atoms with E-state index in [1.807, 2.05) is 31.4 Å². The molecule has 0 aliphatic carbocycles. The Hall–Kier alpha value is -0.590. The topological polar surface area (TPSA) is 60.2 Å². The molecular formula is C15H18Cl2N2O2S. The third kappa shape index (κ3) is 2.59. The molecule has 0 bridgehead atoms. The summed E-state index contributed by atoms with van der Waals surface area (Å²) in [7, 11) is 0. The van der Waals surface area contributed by atoms with Crippen molar-refractivity contribution < 1.29 is 9.66 Å². The molecule has 0 spiro atoms. The summed E-state index contributed by atoms with van der Waals surface area (Å²) >= 11 is 11.1. The Kier molecular flexibility index (Phi) is 4.06. The van der Waals surface area contributed by atoms with Crippen molar-refractivity contribution in [3.63, 3.8) is 0 Å². The van der Waals surface area contributed by atoms with E-state index in [9.17, 15) is 9.66 Å². The predicted molar refractivity (Wildman–Crippen MR) is 92.0 cm³/mol. The van der Waals surface area contributed by atoms with Crippen LogP contribution in [0.1, 0.15) is 39.1 Å². The Morgan fingerprint density at radius 1 is 1.36 bits per heavy atom. The summed E-state index contributed by atoms with van der Waals surface area (Å²) in [6.45, 7) is 5.77. The smallest absolute Gasteiger partial charge is 0.141 e. The molecule has 4 nitrogen and oxygen atoms in total. The molecule has 1 aliphatic rings. The number of halogens is 2. The van der Waals surface area contributed by atoms with E-state index >= 15 is 0 Å². The standard InChI is InChI=1S/C15H18Cl2N2O2S/c1-15(2,3)22(21)18-12-5-4-8-6-9-13(17)10(16)7-11(20)14(9)19(8)12/h6-7,12,18,20H,4-5H2,1-3H3/t12-,22-/m1/s1. The van der Waals surface area contributed by atoms with Gasteiger partial charge in [-0.15, -0.1) is 4.72 Å². The van der Waals surface area contributed by atoms with Gasteiger partial charge in [0, 0.05) is 28.5 Å². The third-order valence-corrected chi connectivity index (χ3v) is 6.25. The lowest BCUT2D eigenvalue weighted by Crippen LogP contribution is -2.42. The number of nitrogens with one attached hydrogen (secondary N) is 1. The molecule has 0 fully saturated rings. The average Bonchev–Trinajstić information content (AvgIpc) is 2.95. The van der Waals surface area contributed by atoms with Crippen LogP contribution in [0.25, 0.3) is 10.9 Å². The zero-order valence-corrected chi connectivity index (χ0v) is 14.9. The lowest BCUT2D eigenvalue weighted by atomic mass is 10.2. The summed E-state index contributed by atoms with van der Waals surface area (Å²) in [6, 6.07) is 3.40. The number of aryl methyl sites for hydroxylation is 1. The molecule has 1 aromatic carbocycles. The molecule has 1 aromatic heterocycles. The molecule has 0 unspecified atom stereocenters. The zero-order chi connectivity index (χ0) is 16.2. The summed E-state index contributed by atoms with van der Waals surface area (Å²) in [6.07, 6.45) is 1.53. The number of aromatic hydroxyl groups is 1. The lowest BCUT2D eigenvalue weighted by Gasteiger charge is -2.27. The van der Waals surface area contributed by atoms with Crippen molar-refractivity contribution in [3.8, 4) is 5.75 Å². The SMILES string of the molecule is CC(C)(C)[S@@+]([O-])N[C@H]1CCc2cc3c(Cl)c(Cl)cc(O)c3n21. The lowest BCUT2D eigenvalue weighted by molar-refractivity contribution is 0.456. The number of nitrogens with zero attached hydrogens (tertiary/aromatic N) is 1. The highest BCUT2D eigenvalue weighted by atomic mass is 35.5. The van der Waals surface area contributed by atoms with E-state index in [0.29, 0.717) is 15.6 Å². The highest BCUT2D eigenvalue weighted by Gasteiger charge is 2.34. The minimum atomic E-state index is -1.19. The highest BCUT2D eigenvalue weighted by molar-refractivity contribution is 7.90. The van der Waals surface area contributed by atoms with E-state index < -0.39 is 11.4 Å². The summed E-state index contributed by atoms with van der Waals surface area (Å²) in [5.41, 5.74) is 1.70. The molecule has 22 heavy (non-hydrogen) atoms. The number of aromatic nitrogens is 1. The van der Waals surface area contributed by atoms with Crippen molar-refractivity contribution in [2.45, 2.75) is 44.5 Å². The summed E-state index contributed by atoms with van der Waals surface area (Å²) < 4.78 is 17.2. The van der Waals surface area contributed by atoms with Crippen LogP contribution < -0.4 is 4.72 Å². The molecule has 2 N–H and O–H groups in total. The highest BCUT2D eigenvalue weighted by Crippen LogP contribution is 2.42. The molecule has 0 amide bonds. The summed E-state index contributed by atoms with van der Waals surface area (Å²) in [5, 5.41) is 11.8. The molecular weight excluding hydrogens is 343 g/mol. The van der Waals surface area contributed by atoms with Crippen molar-refractivity contribution in [1.82, 2.24) is 9.29 Å². The Morgan fingerprint density at radius 3 is 2.68 bits per heavy atom. The molecule has 2 atom stereocenters. The van der Waals surface area contributed by atoms with E-state index in [1.54, 1.807) is 0 Å². The molecule has 0 saturated carbocycles. The molecule has 3 rings (SSSR count). The monoisotopic (exact) mass is 360 g/mol. The van der Waals surface area contributed by atoms with Gasteiger partial charge in [0.25, 0.3) is 0 Å². The first-order valence-corrected chi connectivity index (χ1v) is 8.99. The fourth-order valence-electron chi connectivity index (χ4n) is 2.76. The average molecular weight is 361 g/mol. The maximum absolute atomic E-state index is 12.4. The quantitative estimate of drug-likeness (QED) is 0.790. The molecule has 7 heteroatoms. The summed E-state index contributed by atoms with van der Waals surface area (Å²) in [4.78, 5) is 0. The maximum Gasteiger partial charge on any atom is 0.141 e. The van der Waals surface area contributed by atoms with Crippen LogP contribution in [0.5, 0.6) is 5.75 Å². The van der Waals surface area contributed by atoms with Crippen molar-refractivity contribution >= 4 is 45.5 Å². The first kappa shape index (κ1) is 16.3. The number of fused-ring (bicyclic) bond motifs is 3. The summed E-state index contributed by atoms with van der Waals surface area (Å²) in [5.74, 6) is 0.0888. The van der Waals surface area contributed by atoms with Gasteiger partial charge in [-0.2, -0.15) is 0 Å². The fourth-order valence-corrected chi connectivity index (χ4v) is 3.99. The number of phenolic OH excluding ortho intramolecular Hbond substituents is 1. The Bertz CT molecular complexity index is 739. The van der Waals surface area contributed by atoms with Gasteiger partial charge in [0.05, 0.1) is 15.6 Å². The van der Waals surface area contributed by atoms with Gasteiger partial charge in [-0.05, 0) is 39.7 Å². The van der Waals surface area contributed by atoms with Crippen LogP contribution in [-0.4, -0.2) is 19.0 Å².